The molecule has 0 atom stereocenters. The first-order chi connectivity index (χ1) is 12.4. The van der Waals surface area contributed by atoms with Crippen molar-refractivity contribution in [2.45, 2.75) is 19.4 Å². The minimum atomic E-state index is -0.926. The second-order valence-corrected chi connectivity index (χ2v) is 6.59. The monoisotopic (exact) mass is 356 g/mol. The molecule has 26 heavy (non-hydrogen) atoms. The van der Waals surface area contributed by atoms with Gasteiger partial charge in [-0.25, -0.2) is 4.39 Å². The number of pyridine rings is 1. The lowest BCUT2D eigenvalue weighted by atomic mass is 10.1. The molecule has 0 amide bonds. The van der Waals surface area contributed by atoms with Crippen LogP contribution in [0.4, 0.5) is 10.1 Å². The molecule has 1 aromatic heterocycles. The molecule has 3 rings (SSSR count). The van der Waals surface area contributed by atoms with Gasteiger partial charge in [-0.1, -0.05) is 0 Å². The third-order valence-electron chi connectivity index (χ3n) is 3.71. The van der Waals surface area contributed by atoms with Crippen molar-refractivity contribution >= 4 is 16.6 Å². The quantitative estimate of drug-likeness (QED) is 0.687. The van der Waals surface area contributed by atoms with Gasteiger partial charge in [0.2, 0.25) is 0 Å². The Morgan fingerprint density at radius 2 is 1.92 bits per heavy atom. The van der Waals surface area contributed by atoms with Crippen LogP contribution in [-0.2, 0) is 0 Å². The van der Waals surface area contributed by atoms with E-state index in [4.69, 9.17) is 9.47 Å². The summed E-state index contributed by atoms with van der Waals surface area (Å²) in [7, 11) is 1.73. The van der Waals surface area contributed by atoms with Crippen LogP contribution in [0.1, 0.15) is 13.8 Å². The Bertz CT molecular complexity index is 923. The highest BCUT2D eigenvalue weighted by atomic mass is 19.1. The smallest absolute Gasteiger partial charge is 0.167 e. The van der Waals surface area contributed by atoms with Crippen LogP contribution >= 0.6 is 0 Å². The van der Waals surface area contributed by atoms with Crippen LogP contribution in [0.3, 0.4) is 0 Å². The van der Waals surface area contributed by atoms with Gasteiger partial charge in [0.25, 0.3) is 0 Å². The number of ether oxygens (including phenoxy) is 2. The largest absolute Gasteiger partial charge is 0.491 e. The highest BCUT2D eigenvalue weighted by Gasteiger charge is 2.14. The maximum Gasteiger partial charge on any atom is 0.167 e. The number of nitrogens with one attached hydrogen (secondary N) is 1. The van der Waals surface area contributed by atoms with Crippen molar-refractivity contribution in [1.82, 2.24) is 4.98 Å². The molecule has 5 nitrogen and oxygen atoms in total. The van der Waals surface area contributed by atoms with Crippen molar-refractivity contribution in [3.63, 3.8) is 0 Å². The van der Waals surface area contributed by atoms with E-state index in [1.165, 1.54) is 6.07 Å². The SMILES string of the molecule is CNc1ccc(Oc2ccnc3cc(OCC(C)(C)O)ccc23)c(F)c1. The summed E-state index contributed by atoms with van der Waals surface area (Å²) < 4.78 is 25.5. The molecule has 0 spiro atoms. The summed E-state index contributed by atoms with van der Waals surface area (Å²) in [6, 6.07) is 11.7. The normalized spacial score (nSPS) is 11.4. The summed E-state index contributed by atoms with van der Waals surface area (Å²) in [5.41, 5.74) is 0.399. The molecule has 6 heteroatoms. The van der Waals surface area contributed by atoms with E-state index in [0.29, 0.717) is 22.7 Å². The van der Waals surface area contributed by atoms with E-state index in [9.17, 15) is 9.50 Å². The average Bonchev–Trinajstić information content (AvgIpc) is 2.61. The second kappa shape index (κ2) is 7.17. The molecular formula is C20H21FN2O3. The van der Waals surface area contributed by atoms with Crippen molar-refractivity contribution in [2.75, 3.05) is 19.0 Å². The Kier molecular flexibility index (Phi) is 4.95. The number of anilines is 1. The Balaban J connectivity index is 1.88. The van der Waals surface area contributed by atoms with Crippen LogP contribution in [0.5, 0.6) is 17.2 Å². The van der Waals surface area contributed by atoms with E-state index in [2.05, 4.69) is 10.3 Å². The minimum absolute atomic E-state index is 0.138. The van der Waals surface area contributed by atoms with Crippen molar-refractivity contribution in [3.05, 3.63) is 54.5 Å². The highest BCUT2D eigenvalue weighted by Crippen LogP contribution is 2.32. The third kappa shape index (κ3) is 4.21. The summed E-state index contributed by atoms with van der Waals surface area (Å²) in [5.74, 6) is 0.778. The number of fused-ring (bicyclic) bond motifs is 1. The molecule has 1 heterocycles. The van der Waals surface area contributed by atoms with E-state index in [1.54, 1.807) is 63.5 Å². The van der Waals surface area contributed by atoms with Crippen LogP contribution in [0.2, 0.25) is 0 Å². The van der Waals surface area contributed by atoms with Crippen molar-refractivity contribution < 1.29 is 19.0 Å². The highest BCUT2D eigenvalue weighted by molar-refractivity contribution is 5.86. The van der Waals surface area contributed by atoms with E-state index < -0.39 is 11.4 Å². The Hall–Kier alpha value is -2.86. The number of benzene rings is 2. The van der Waals surface area contributed by atoms with Crippen LogP contribution in [0.25, 0.3) is 10.9 Å². The zero-order chi connectivity index (χ0) is 18.7. The molecule has 0 saturated heterocycles. The van der Waals surface area contributed by atoms with Gasteiger partial charge in [-0.05, 0) is 44.2 Å². The van der Waals surface area contributed by atoms with Gasteiger partial charge < -0.3 is 19.9 Å². The van der Waals surface area contributed by atoms with Crippen molar-refractivity contribution in [3.8, 4) is 17.2 Å². The molecule has 0 bridgehead atoms. The maximum atomic E-state index is 14.2. The number of hydrogen-bond acceptors (Lipinski definition) is 5. The van der Waals surface area contributed by atoms with Gasteiger partial charge in [-0.15, -0.1) is 0 Å². The fourth-order valence-electron chi connectivity index (χ4n) is 2.40. The number of rotatable bonds is 6. The first-order valence-electron chi connectivity index (χ1n) is 8.25. The lowest BCUT2D eigenvalue weighted by Gasteiger charge is -2.18. The van der Waals surface area contributed by atoms with Crippen molar-refractivity contribution in [1.29, 1.82) is 0 Å². The van der Waals surface area contributed by atoms with Gasteiger partial charge in [0, 0.05) is 36.5 Å². The van der Waals surface area contributed by atoms with E-state index in [-0.39, 0.29) is 12.4 Å². The zero-order valence-corrected chi connectivity index (χ0v) is 14.9. The van der Waals surface area contributed by atoms with Gasteiger partial charge in [0.05, 0.1) is 11.1 Å². The van der Waals surface area contributed by atoms with Crippen LogP contribution in [-0.4, -0.2) is 29.3 Å². The van der Waals surface area contributed by atoms with Crippen LogP contribution in [0, 0.1) is 5.82 Å². The van der Waals surface area contributed by atoms with E-state index in [0.717, 1.165) is 5.39 Å². The van der Waals surface area contributed by atoms with Crippen molar-refractivity contribution in [2.24, 2.45) is 0 Å². The zero-order valence-electron chi connectivity index (χ0n) is 14.9. The first-order valence-corrected chi connectivity index (χ1v) is 8.25. The predicted molar refractivity (Wildman–Crippen MR) is 99.6 cm³/mol. The van der Waals surface area contributed by atoms with E-state index in [1.807, 2.05) is 0 Å². The molecule has 0 fully saturated rings. The summed E-state index contributed by atoms with van der Waals surface area (Å²) in [4.78, 5) is 4.31. The number of nitrogens with zero attached hydrogens (tertiary/aromatic N) is 1. The van der Waals surface area contributed by atoms with Crippen LogP contribution in [0.15, 0.2) is 48.7 Å². The van der Waals surface area contributed by atoms with Gasteiger partial charge >= 0.3 is 0 Å². The van der Waals surface area contributed by atoms with Gasteiger partial charge in [-0.3, -0.25) is 4.98 Å². The molecular weight excluding hydrogens is 335 g/mol. The summed E-state index contributed by atoms with van der Waals surface area (Å²) >= 11 is 0. The van der Waals surface area contributed by atoms with Crippen LogP contribution < -0.4 is 14.8 Å². The Morgan fingerprint density at radius 3 is 2.62 bits per heavy atom. The van der Waals surface area contributed by atoms with Gasteiger partial charge in [-0.2, -0.15) is 0 Å². The fraction of sp³-hybridized carbons (Fsp3) is 0.250. The number of halogens is 1. The first kappa shape index (κ1) is 17.9. The molecule has 2 aromatic carbocycles. The Labute approximate surface area is 151 Å². The number of hydrogen-bond donors (Lipinski definition) is 2. The fourth-order valence-corrected chi connectivity index (χ4v) is 2.40. The topological polar surface area (TPSA) is 63.6 Å². The molecule has 3 aromatic rings. The third-order valence-corrected chi connectivity index (χ3v) is 3.71. The molecule has 0 aliphatic rings. The molecule has 2 N–H and O–H groups in total. The molecule has 0 saturated carbocycles. The number of aliphatic hydroxyl groups is 1. The van der Waals surface area contributed by atoms with E-state index >= 15 is 0 Å². The molecule has 0 aliphatic heterocycles. The summed E-state index contributed by atoms with van der Waals surface area (Å²) in [5, 5.41) is 13.4. The minimum Gasteiger partial charge on any atom is -0.491 e. The maximum absolute atomic E-state index is 14.2. The van der Waals surface area contributed by atoms with Gasteiger partial charge in [0.1, 0.15) is 18.1 Å². The number of aromatic nitrogens is 1. The summed E-state index contributed by atoms with van der Waals surface area (Å²) in [6.45, 7) is 3.51. The molecule has 0 radical (unpaired) electrons. The lowest BCUT2D eigenvalue weighted by Crippen LogP contribution is -2.27. The molecule has 0 unspecified atom stereocenters. The molecule has 136 valence electrons. The summed E-state index contributed by atoms with van der Waals surface area (Å²) in [6.07, 6.45) is 1.59. The Morgan fingerprint density at radius 1 is 1.12 bits per heavy atom. The molecule has 0 aliphatic carbocycles. The predicted octanol–water partition coefficient (Wildman–Crippen LogP) is 4.36. The lowest BCUT2D eigenvalue weighted by molar-refractivity contribution is 0.0285. The van der Waals surface area contributed by atoms with Gasteiger partial charge in [0.15, 0.2) is 11.6 Å². The average molecular weight is 356 g/mol. The second-order valence-electron chi connectivity index (χ2n) is 6.59. The standard InChI is InChI=1S/C20H21FN2O3/c1-20(2,24)12-25-14-5-6-15-17(11-14)23-9-8-18(15)26-19-7-4-13(22-3)10-16(19)21/h4-11,22,24H,12H2,1-3H3.